The van der Waals surface area contributed by atoms with Crippen LogP contribution in [0.25, 0.3) is 0 Å². The van der Waals surface area contributed by atoms with E-state index in [1.54, 1.807) is 6.07 Å². The number of aromatic nitrogens is 1. The average Bonchev–Trinajstić information content (AvgIpc) is 3.92. The van der Waals surface area contributed by atoms with Crippen LogP contribution < -0.4 is 48.2 Å². The number of hydrogen-bond acceptors (Lipinski definition) is 16. The van der Waals surface area contributed by atoms with Crippen molar-refractivity contribution < 1.29 is 73.3 Å². The minimum atomic E-state index is -4.65. The molecule has 6 atom stereocenters. The van der Waals surface area contributed by atoms with E-state index in [0.717, 1.165) is 15.0 Å². The summed E-state index contributed by atoms with van der Waals surface area (Å²) in [6.07, 6.45) is -1.43. The van der Waals surface area contributed by atoms with Gasteiger partial charge in [0.05, 0.1) is 24.5 Å². The summed E-state index contributed by atoms with van der Waals surface area (Å²) in [6.45, 7) is 0.740. The fourth-order valence-electron chi connectivity index (χ4n) is 8.08. The maximum atomic E-state index is 14.0. The summed E-state index contributed by atoms with van der Waals surface area (Å²) in [4.78, 5) is 98.1. The van der Waals surface area contributed by atoms with E-state index in [1.165, 1.54) is 0 Å². The number of imide groups is 2. The van der Waals surface area contributed by atoms with Gasteiger partial charge in [0.15, 0.2) is 15.3 Å². The molecule has 6 aliphatic heterocycles. The van der Waals surface area contributed by atoms with Crippen molar-refractivity contribution in [3.63, 3.8) is 0 Å². The molecule has 7 rings (SSSR count). The van der Waals surface area contributed by atoms with Crippen molar-refractivity contribution in [2.45, 2.75) is 62.7 Å². The zero-order valence-electron chi connectivity index (χ0n) is 37.0. The minimum Gasteiger partial charge on any atom is -0.630 e. The van der Waals surface area contributed by atoms with Gasteiger partial charge in [-0.2, -0.15) is 13.2 Å². The molecule has 1 radical (unpaired) electrons. The number of nitrogens with zero attached hydrogens (tertiary/aromatic N) is 7. The number of halogens is 3. The molecule has 6 aliphatic rings. The van der Waals surface area contributed by atoms with Gasteiger partial charge in [0.1, 0.15) is 31.2 Å². The van der Waals surface area contributed by atoms with Gasteiger partial charge in [-0.3, -0.25) is 57.5 Å². The third-order valence-corrected chi connectivity index (χ3v) is 12.1. The third-order valence-electron chi connectivity index (χ3n) is 11.4. The van der Waals surface area contributed by atoms with Crippen LogP contribution in [0, 0.1) is 12.5 Å². The Hall–Kier alpha value is -5.50. The Kier molecular flexibility index (Phi) is 18.5. The van der Waals surface area contributed by atoms with Gasteiger partial charge >= 0.3 is 47.3 Å². The fraction of sp³-hybridized carbons (Fsp3) is 0.553. The number of esters is 2. The molecule has 9 N–H and O–H groups in total. The van der Waals surface area contributed by atoms with Gasteiger partial charge in [-0.1, -0.05) is 25.2 Å². The number of urea groups is 3. The van der Waals surface area contributed by atoms with Gasteiger partial charge in [-0.05, 0) is 74.6 Å². The van der Waals surface area contributed by atoms with Crippen LogP contribution in [-0.2, 0) is 58.8 Å². The predicted octanol–water partition coefficient (Wildman–Crippen LogP) is -2.68. The third kappa shape index (κ3) is 14.5. The first kappa shape index (κ1) is 53.8. The van der Waals surface area contributed by atoms with E-state index in [4.69, 9.17) is 51.1 Å². The molecule has 0 spiro atoms. The van der Waals surface area contributed by atoms with E-state index in [0.29, 0.717) is 43.5 Å². The first-order valence-electron chi connectivity index (χ1n) is 21.6. The molecular weight excluding hydrogens is 1030 g/mol. The number of cyclic esters (lactones) is 1. The number of hydrazine groups is 3. The second-order valence-corrected chi connectivity index (χ2v) is 17.6. The molecule has 381 valence electrons. The first-order chi connectivity index (χ1) is 32.9. The Labute approximate surface area is 425 Å². The number of rotatable bonds is 13. The minimum absolute atomic E-state index is 0. The number of hydrogen-bond donors (Lipinski definition) is 9. The van der Waals surface area contributed by atoms with Crippen LogP contribution in [0.1, 0.15) is 30.7 Å². The van der Waals surface area contributed by atoms with Gasteiger partial charge < -0.3 is 45.4 Å². The largest absolute Gasteiger partial charge is 2.00 e. The Morgan fingerprint density at radius 1 is 0.757 bits per heavy atom. The Bertz CT molecular complexity index is 2210. The summed E-state index contributed by atoms with van der Waals surface area (Å²) in [5.74, 6) is -2.05. The second-order valence-electron chi connectivity index (χ2n) is 16.4. The molecule has 0 saturated carbocycles. The molecular formula is C38H49F3MnN16O9S3. The van der Waals surface area contributed by atoms with Crippen molar-refractivity contribution >= 4 is 93.8 Å². The van der Waals surface area contributed by atoms with E-state index in [9.17, 15) is 46.7 Å². The van der Waals surface area contributed by atoms with E-state index in [-0.39, 0.29) is 104 Å². The second kappa shape index (κ2) is 24.1. The van der Waals surface area contributed by atoms with Gasteiger partial charge in [-0.25, -0.2) is 29.4 Å². The molecule has 8 amide bonds. The molecule has 32 heteroatoms. The molecule has 0 aliphatic carbocycles. The Morgan fingerprint density at radius 3 is 1.87 bits per heavy atom. The number of ether oxygens (including phenoxy) is 2. The molecule has 1 aromatic rings. The summed E-state index contributed by atoms with van der Waals surface area (Å²) >= 11 is 16.0. The van der Waals surface area contributed by atoms with E-state index < -0.39 is 78.7 Å². The topological polar surface area (TPSA) is 279 Å². The molecule has 25 nitrogen and oxygen atoms in total. The number of carbonyl (C=O) groups excluding carboxylic acids is 7. The molecule has 6 bridgehead atoms. The summed E-state index contributed by atoms with van der Waals surface area (Å²) in [6, 6.07) is -1.03. The van der Waals surface area contributed by atoms with Gasteiger partial charge in [0.2, 0.25) is 11.8 Å². The van der Waals surface area contributed by atoms with Crippen LogP contribution in [0.4, 0.5) is 27.6 Å². The Balaban J connectivity index is 0.00000804. The number of morpholine rings is 1. The number of nitrogens with one attached hydrogen (secondary N) is 9. The normalized spacial score (nSPS) is 25.2. The van der Waals surface area contributed by atoms with E-state index in [1.807, 2.05) is 38.6 Å². The van der Waals surface area contributed by atoms with Crippen LogP contribution in [0.3, 0.4) is 0 Å². The van der Waals surface area contributed by atoms with Crippen molar-refractivity contribution in [2.75, 3.05) is 72.1 Å². The van der Waals surface area contributed by atoms with Crippen LogP contribution in [0.5, 0.6) is 0 Å². The molecule has 6 unspecified atom stereocenters. The summed E-state index contributed by atoms with van der Waals surface area (Å²) < 4.78 is 51.6. The van der Waals surface area contributed by atoms with Crippen LogP contribution in [-0.4, -0.2) is 194 Å². The molecule has 0 aromatic carbocycles. The van der Waals surface area contributed by atoms with Crippen molar-refractivity contribution in [1.82, 2.24) is 82.9 Å². The predicted molar refractivity (Wildman–Crippen MR) is 243 cm³/mol. The van der Waals surface area contributed by atoms with Crippen molar-refractivity contribution in [3.05, 3.63) is 42.1 Å². The van der Waals surface area contributed by atoms with E-state index >= 15 is 0 Å². The number of thiocarbonyl (C=S) groups is 3. The number of fused-ring (bicyclic) bond motifs is 7. The number of alkyl halides is 3. The number of amides is 8. The number of pyridine rings is 1. The first-order valence-corrected chi connectivity index (χ1v) is 22.8. The fourth-order valence-corrected chi connectivity index (χ4v) is 8.72. The summed E-state index contributed by atoms with van der Waals surface area (Å²) in [5.41, 5.74) is 9.03. The Morgan fingerprint density at radius 2 is 1.31 bits per heavy atom. The van der Waals surface area contributed by atoms with Crippen LogP contribution in [0.15, 0.2) is 18.2 Å². The standard InChI is InChI=1S/C38H49F3N16O9S3.Mn/c39-38(40,41)27-17-55(35(62)46-27)49-33(68)44-10-6-26-31(61)66-24-15-52(11-2-8-42-32(67)50-56-18-28(58)47-36(56)63)23-7-12-53(13-21-3-1-4-22(45-21)14-54(26)16-24)25(30(60)65-20-23)5-9-43-34(69)51-57-19-29(59)48-37(57)64;/h1,3-4,7,23,25-27H,2,5-6,8-20H2,(H,46,62)(H2,42,50,67)(H2,43,51,69)(H2,44,49,68)(H,47,58,63)(H,48,59,64);/q-2;+2. The SMILES string of the molecule is O=C1CN(NC(=S)NCCCN2C[C-]3CN(Cc4cccc(n4)CN4C[CH-]C2COC(=O)C4CCNC(=S)NN2CC(=O)NC2=O)C(CCNC(=S)NN2CC(C(F)(F)F)NC2=O)C(=O)O3)C(=O)N1.[Mn+2]. The average molecular weight is 1080 g/mol. The quantitative estimate of drug-likeness (QED) is 0.0243. The van der Waals surface area contributed by atoms with Crippen molar-refractivity contribution in [3.8, 4) is 0 Å². The smallest absolute Gasteiger partial charge is 0.630 e. The van der Waals surface area contributed by atoms with Gasteiger partial charge in [0, 0.05) is 32.7 Å². The molecule has 1 aromatic heterocycles. The molecule has 5 fully saturated rings. The molecule has 7 heterocycles. The zero-order chi connectivity index (χ0) is 49.4. The van der Waals surface area contributed by atoms with Crippen LogP contribution >= 0.6 is 36.7 Å². The summed E-state index contributed by atoms with van der Waals surface area (Å²) in [7, 11) is 0. The zero-order valence-corrected chi connectivity index (χ0v) is 40.6. The van der Waals surface area contributed by atoms with Crippen molar-refractivity contribution in [2.24, 2.45) is 0 Å². The maximum absolute atomic E-state index is 14.0. The monoisotopic (exact) mass is 1080 g/mol. The van der Waals surface area contributed by atoms with Gasteiger partial charge in [-0.15, -0.1) is 12.6 Å². The molecule has 5 saturated heterocycles. The van der Waals surface area contributed by atoms with Crippen molar-refractivity contribution in [1.29, 1.82) is 0 Å². The molecule has 70 heavy (non-hydrogen) atoms. The van der Waals surface area contributed by atoms with Crippen LogP contribution in [0.2, 0.25) is 0 Å². The number of carbonyl (C=O) groups is 7. The maximum Gasteiger partial charge on any atom is 2.00 e. The summed E-state index contributed by atoms with van der Waals surface area (Å²) in [5, 5.41) is 17.8. The van der Waals surface area contributed by atoms with Gasteiger partial charge in [0.25, 0.3) is 5.97 Å². The van der Waals surface area contributed by atoms with E-state index in [2.05, 4.69) is 42.9 Å².